The first-order chi connectivity index (χ1) is 15.8. The fourth-order valence-corrected chi connectivity index (χ4v) is 3.60. The Morgan fingerprint density at radius 3 is 2.19 bits per heavy atom. The molecule has 3 N–H and O–H groups in total. The van der Waals surface area contributed by atoms with E-state index in [-0.39, 0.29) is 0 Å². The molecule has 0 aliphatic heterocycles. The molecule has 0 fully saturated rings. The number of hydrogen-bond donors (Lipinski definition) is 2. The van der Waals surface area contributed by atoms with Crippen LogP contribution in [0.2, 0.25) is 0 Å². The van der Waals surface area contributed by atoms with Crippen molar-refractivity contribution in [3.05, 3.63) is 102 Å². The molecule has 0 aliphatic carbocycles. The van der Waals surface area contributed by atoms with Gasteiger partial charge >= 0.3 is 0 Å². The van der Waals surface area contributed by atoms with Gasteiger partial charge in [-0.1, -0.05) is 48.5 Å². The summed E-state index contributed by atoms with van der Waals surface area (Å²) >= 11 is 0. The van der Waals surface area contributed by atoms with E-state index in [4.69, 9.17) is 5.73 Å². The summed E-state index contributed by atoms with van der Waals surface area (Å²) < 4.78 is 3.82. The fourth-order valence-electron chi connectivity index (χ4n) is 3.60. The summed E-state index contributed by atoms with van der Waals surface area (Å²) in [6.07, 6.45) is 7.29. The van der Waals surface area contributed by atoms with Gasteiger partial charge in [0.15, 0.2) is 5.65 Å². The average Bonchev–Trinajstić information content (AvgIpc) is 3.49. The summed E-state index contributed by atoms with van der Waals surface area (Å²) in [7, 11) is 0. The number of nitrogens with two attached hydrogens (primary N) is 1. The number of aromatic nitrogens is 6. The van der Waals surface area contributed by atoms with Gasteiger partial charge in [0, 0.05) is 31.7 Å². The van der Waals surface area contributed by atoms with Gasteiger partial charge in [0.1, 0.15) is 12.1 Å². The van der Waals surface area contributed by atoms with Crippen LogP contribution < -0.4 is 11.1 Å². The van der Waals surface area contributed by atoms with Crippen molar-refractivity contribution in [1.29, 1.82) is 0 Å². The molecule has 3 aromatic heterocycles. The smallest absolute Gasteiger partial charge is 0.186 e. The molecular weight excluding hydrogens is 400 g/mol. The molecule has 32 heavy (non-hydrogen) atoms. The lowest BCUT2D eigenvalue weighted by Crippen LogP contribution is -2.03. The average molecular weight is 425 g/mol. The quantitative estimate of drug-likeness (QED) is 0.397. The molecular formula is C24H24N8. The molecule has 0 saturated heterocycles. The van der Waals surface area contributed by atoms with Crippen molar-refractivity contribution in [2.24, 2.45) is 5.73 Å². The predicted octanol–water partition coefficient (Wildman–Crippen LogP) is 3.19. The second-order valence-corrected chi connectivity index (χ2v) is 7.68. The first-order valence-electron chi connectivity index (χ1n) is 10.5. The number of rotatable bonds is 8. The molecule has 0 atom stereocenters. The first kappa shape index (κ1) is 19.9. The highest BCUT2D eigenvalue weighted by Gasteiger charge is 2.09. The van der Waals surface area contributed by atoms with E-state index in [1.54, 1.807) is 12.5 Å². The van der Waals surface area contributed by atoms with Gasteiger partial charge in [-0.05, 0) is 28.3 Å². The van der Waals surface area contributed by atoms with E-state index in [2.05, 4.69) is 61.9 Å². The normalized spacial score (nSPS) is 11.2. The van der Waals surface area contributed by atoms with E-state index < -0.39 is 0 Å². The van der Waals surface area contributed by atoms with Crippen molar-refractivity contribution in [3.63, 3.8) is 0 Å². The zero-order valence-corrected chi connectivity index (χ0v) is 17.6. The highest BCUT2D eigenvalue weighted by Crippen LogP contribution is 2.19. The molecule has 2 aromatic carbocycles. The van der Waals surface area contributed by atoms with Gasteiger partial charge in [0.05, 0.1) is 18.5 Å². The van der Waals surface area contributed by atoms with Crippen LogP contribution in [0.15, 0.2) is 79.5 Å². The van der Waals surface area contributed by atoms with E-state index in [1.165, 1.54) is 11.1 Å². The Labute approximate surface area is 185 Å². The molecule has 3 heterocycles. The predicted molar refractivity (Wildman–Crippen MR) is 124 cm³/mol. The number of fused-ring (bicyclic) bond motifs is 1. The van der Waals surface area contributed by atoms with Crippen LogP contribution in [0.5, 0.6) is 0 Å². The molecule has 0 aliphatic rings. The van der Waals surface area contributed by atoms with Crippen molar-refractivity contribution in [1.82, 2.24) is 29.5 Å². The Morgan fingerprint density at radius 1 is 0.812 bits per heavy atom. The van der Waals surface area contributed by atoms with Gasteiger partial charge in [-0.2, -0.15) is 10.2 Å². The SMILES string of the molecule is NCc1ccc(CNc2ncnc3nn(Cc4ccc(Cn5cccn5)cc4)cc23)cc1. The lowest BCUT2D eigenvalue weighted by molar-refractivity contribution is 0.681. The Kier molecular flexibility index (Phi) is 5.59. The van der Waals surface area contributed by atoms with Crippen molar-refractivity contribution >= 4 is 16.9 Å². The third-order valence-corrected chi connectivity index (χ3v) is 5.35. The second kappa shape index (κ2) is 8.99. The number of anilines is 1. The van der Waals surface area contributed by atoms with Crippen molar-refractivity contribution in [2.45, 2.75) is 26.2 Å². The van der Waals surface area contributed by atoms with Gasteiger partial charge in [-0.25, -0.2) is 9.97 Å². The van der Waals surface area contributed by atoms with Gasteiger partial charge in [0.2, 0.25) is 0 Å². The zero-order valence-electron chi connectivity index (χ0n) is 17.6. The minimum Gasteiger partial charge on any atom is -0.365 e. The van der Waals surface area contributed by atoms with Crippen LogP contribution in [-0.4, -0.2) is 29.5 Å². The van der Waals surface area contributed by atoms with Crippen LogP contribution in [-0.2, 0) is 26.2 Å². The second-order valence-electron chi connectivity index (χ2n) is 7.68. The summed E-state index contributed by atoms with van der Waals surface area (Å²) in [6, 6.07) is 18.7. The maximum Gasteiger partial charge on any atom is 0.186 e. The van der Waals surface area contributed by atoms with Gasteiger partial charge in [-0.15, -0.1) is 0 Å². The molecule has 8 heteroatoms. The molecule has 0 unspecified atom stereocenters. The largest absolute Gasteiger partial charge is 0.365 e. The van der Waals surface area contributed by atoms with E-state index in [1.807, 2.05) is 40.0 Å². The molecule has 5 aromatic rings. The van der Waals surface area contributed by atoms with Gasteiger partial charge in [0.25, 0.3) is 0 Å². The summed E-state index contributed by atoms with van der Waals surface area (Å²) in [4.78, 5) is 8.75. The molecule has 0 amide bonds. The van der Waals surface area contributed by atoms with Crippen LogP contribution in [0.1, 0.15) is 22.3 Å². The Morgan fingerprint density at radius 2 is 1.50 bits per heavy atom. The first-order valence-corrected chi connectivity index (χ1v) is 10.5. The lowest BCUT2D eigenvalue weighted by Gasteiger charge is -2.07. The third kappa shape index (κ3) is 4.50. The monoisotopic (exact) mass is 424 g/mol. The van der Waals surface area contributed by atoms with Gasteiger partial charge in [-0.3, -0.25) is 9.36 Å². The third-order valence-electron chi connectivity index (χ3n) is 5.35. The number of benzene rings is 2. The van der Waals surface area contributed by atoms with Crippen molar-refractivity contribution in [2.75, 3.05) is 5.32 Å². The Bertz CT molecular complexity index is 1290. The molecule has 0 bridgehead atoms. The standard InChI is InChI=1S/C24H24N8/c25-12-18-2-4-19(5-3-18)13-26-23-22-16-32(30-24(22)28-17-27-23)15-21-8-6-20(7-9-21)14-31-11-1-10-29-31/h1-11,16-17H,12-15,25H2,(H,26,27,28,30). The number of nitrogens with zero attached hydrogens (tertiary/aromatic N) is 6. The number of nitrogens with one attached hydrogen (secondary N) is 1. The van der Waals surface area contributed by atoms with Crippen LogP contribution >= 0.6 is 0 Å². The molecule has 0 saturated carbocycles. The Hall–Kier alpha value is -4.04. The summed E-state index contributed by atoms with van der Waals surface area (Å²) in [5.74, 6) is 0.777. The van der Waals surface area contributed by atoms with E-state index in [0.29, 0.717) is 25.3 Å². The molecule has 0 radical (unpaired) electrons. The molecule has 5 rings (SSSR count). The minimum atomic E-state index is 0.548. The summed E-state index contributed by atoms with van der Waals surface area (Å²) in [5, 5.41) is 13.2. The van der Waals surface area contributed by atoms with Crippen molar-refractivity contribution < 1.29 is 0 Å². The minimum absolute atomic E-state index is 0.548. The van der Waals surface area contributed by atoms with Crippen LogP contribution in [0.3, 0.4) is 0 Å². The zero-order chi connectivity index (χ0) is 21.8. The number of hydrogen-bond acceptors (Lipinski definition) is 6. The fraction of sp³-hybridized carbons (Fsp3) is 0.167. The highest BCUT2D eigenvalue weighted by molar-refractivity contribution is 5.85. The summed E-state index contributed by atoms with van der Waals surface area (Å²) in [5.41, 5.74) is 11.0. The topological polar surface area (TPSA) is 99.5 Å². The van der Waals surface area contributed by atoms with Crippen molar-refractivity contribution in [3.8, 4) is 0 Å². The highest BCUT2D eigenvalue weighted by atomic mass is 15.3. The maximum atomic E-state index is 5.67. The van der Waals surface area contributed by atoms with Crippen LogP contribution in [0.4, 0.5) is 5.82 Å². The molecule has 0 spiro atoms. The molecule has 160 valence electrons. The van der Waals surface area contributed by atoms with E-state index >= 15 is 0 Å². The van der Waals surface area contributed by atoms with Crippen LogP contribution in [0.25, 0.3) is 11.0 Å². The van der Waals surface area contributed by atoms with E-state index in [0.717, 1.165) is 28.9 Å². The van der Waals surface area contributed by atoms with Crippen LogP contribution in [0, 0.1) is 0 Å². The van der Waals surface area contributed by atoms with Gasteiger partial charge < -0.3 is 11.1 Å². The Balaban J connectivity index is 1.28. The maximum absolute atomic E-state index is 5.67. The lowest BCUT2D eigenvalue weighted by atomic mass is 10.1. The van der Waals surface area contributed by atoms with E-state index in [9.17, 15) is 0 Å². The molecule has 8 nitrogen and oxygen atoms in total. The summed E-state index contributed by atoms with van der Waals surface area (Å²) in [6.45, 7) is 2.64.